The first-order chi connectivity index (χ1) is 11.8. The van der Waals surface area contributed by atoms with Gasteiger partial charge in [-0.2, -0.15) is 0 Å². The van der Waals surface area contributed by atoms with Crippen molar-refractivity contribution in [1.29, 1.82) is 0 Å². The zero-order chi connectivity index (χ0) is 16.8. The summed E-state index contributed by atoms with van der Waals surface area (Å²) >= 11 is 6.25. The van der Waals surface area contributed by atoms with Crippen LogP contribution in [0.2, 0.25) is 5.02 Å². The van der Waals surface area contributed by atoms with Crippen LogP contribution < -0.4 is 5.32 Å². The Bertz CT molecular complexity index is 566. The second-order valence-corrected chi connectivity index (χ2v) is 6.71. The van der Waals surface area contributed by atoms with E-state index in [1.165, 1.54) is 6.42 Å². The van der Waals surface area contributed by atoms with E-state index in [0.717, 1.165) is 62.5 Å². The number of ether oxygens (including phenoxy) is 1. The van der Waals surface area contributed by atoms with Crippen molar-refractivity contribution >= 4 is 41.5 Å². The van der Waals surface area contributed by atoms with E-state index >= 15 is 0 Å². The minimum atomic E-state index is 0. The number of aliphatic imine (C=N–C) groups is 1. The van der Waals surface area contributed by atoms with E-state index < -0.39 is 0 Å². The first kappa shape index (κ1) is 20.7. The summed E-state index contributed by atoms with van der Waals surface area (Å²) < 4.78 is 5.47. The molecule has 140 valence electrons. The predicted octanol–water partition coefficient (Wildman–Crippen LogP) is 2.83. The summed E-state index contributed by atoms with van der Waals surface area (Å²) in [7, 11) is 0. The normalized spacial score (nSPS) is 21.9. The molecule has 0 radical (unpaired) electrons. The van der Waals surface area contributed by atoms with E-state index in [1.807, 2.05) is 24.3 Å². The molecule has 1 unspecified atom stereocenters. The molecule has 25 heavy (non-hydrogen) atoms. The lowest BCUT2D eigenvalue weighted by Gasteiger charge is -2.32. The maximum Gasteiger partial charge on any atom is 0.194 e. The quantitative estimate of drug-likeness (QED) is 0.410. The van der Waals surface area contributed by atoms with Crippen molar-refractivity contribution in [3.63, 3.8) is 0 Å². The fourth-order valence-corrected chi connectivity index (χ4v) is 3.58. The van der Waals surface area contributed by atoms with Gasteiger partial charge < -0.3 is 15.0 Å². The van der Waals surface area contributed by atoms with Crippen LogP contribution >= 0.6 is 35.6 Å². The molecule has 7 heteroatoms. The molecule has 2 aliphatic rings. The van der Waals surface area contributed by atoms with E-state index in [-0.39, 0.29) is 24.0 Å². The van der Waals surface area contributed by atoms with Crippen molar-refractivity contribution in [2.24, 2.45) is 4.99 Å². The monoisotopic (exact) mass is 478 g/mol. The Labute approximate surface area is 172 Å². The smallest absolute Gasteiger partial charge is 0.194 e. The van der Waals surface area contributed by atoms with Crippen molar-refractivity contribution in [3.8, 4) is 0 Å². The molecule has 2 saturated heterocycles. The van der Waals surface area contributed by atoms with Crippen LogP contribution in [0.25, 0.3) is 0 Å². The van der Waals surface area contributed by atoms with E-state index in [0.29, 0.717) is 12.6 Å². The Hall–Kier alpha value is -0.570. The van der Waals surface area contributed by atoms with E-state index in [1.54, 1.807) is 0 Å². The molecule has 2 fully saturated rings. The molecular formula is C18H28ClIN4O. The molecule has 0 amide bonds. The van der Waals surface area contributed by atoms with Gasteiger partial charge in [0.2, 0.25) is 0 Å². The minimum absolute atomic E-state index is 0. The van der Waals surface area contributed by atoms with Gasteiger partial charge >= 0.3 is 0 Å². The molecule has 3 rings (SSSR count). The third-order valence-corrected chi connectivity index (χ3v) is 5.09. The number of halogens is 2. The van der Waals surface area contributed by atoms with Crippen LogP contribution in [0.5, 0.6) is 0 Å². The molecule has 1 aromatic carbocycles. The summed E-state index contributed by atoms with van der Waals surface area (Å²) in [5.41, 5.74) is 1.07. The Morgan fingerprint density at radius 3 is 2.76 bits per heavy atom. The van der Waals surface area contributed by atoms with Crippen molar-refractivity contribution < 1.29 is 4.74 Å². The third-order valence-electron chi connectivity index (χ3n) is 4.72. The Morgan fingerprint density at radius 2 is 2.04 bits per heavy atom. The number of hydrogen-bond acceptors (Lipinski definition) is 3. The fraction of sp³-hybridized carbons (Fsp3) is 0.611. The van der Waals surface area contributed by atoms with Crippen molar-refractivity contribution in [2.75, 3.05) is 45.9 Å². The van der Waals surface area contributed by atoms with Gasteiger partial charge in [-0.1, -0.05) is 29.8 Å². The maximum atomic E-state index is 6.25. The number of rotatable bonds is 4. The van der Waals surface area contributed by atoms with Gasteiger partial charge in [-0.3, -0.25) is 4.90 Å². The van der Waals surface area contributed by atoms with Crippen molar-refractivity contribution in [2.45, 2.75) is 25.9 Å². The zero-order valence-corrected chi connectivity index (χ0v) is 17.9. The Kier molecular flexibility index (Phi) is 8.75. The highest BCUT2D eigenvalue weighted by Crippen LogP contribution is 2.19. The first-order valence-corrected chi connectivity index (χ1v) is 9.24. The summed E-state index contributed by atoms with van der Waals surface area (Å²) in [6.45, 7) is 9.50. The number of likely N-dealkylation sites (tertiary alicyclic amines) is 1. The molecule has 5 nitrogen and oxygen atoms in total. The fourth-order valence-electron chi connectivity index (χ4n) is 3.39. The summed E-state index contributed by atoms with van der Waals surface area (Å²) in [4.78, 5) is 9.74. The number of nitrogens with zero attached hydrogens (tertiary/aromatic N) is 3. The second kappa shape index (κ2) is 10.5. The molecule has 1 N–H and O–H groups in total. The summed E-state index contributed by atoms with van der Waals surface area (Å²) in [5.74, 6) is 0.994. The summed E-state index contributed by atoms with van der Waals surface area (Å²) in [6.07, 6.45) is 1.19. The molecule has 1 atom stereocenters. The second-order valence-electron chi connectivity index (χ2n) is 6.30. The molecule has 1 aromatic rings. The standard InChI is InChI=1S/C18H27ClN4O.HI/c1-2-20-18(21-13-15-5-3-4-6-17(15)19)23-8-7-16(14-23)22-9-11-24-12-10-22;/h3-6,16H,2,7-14H2,1H3,(H,20,21);1H. The average molecular weight is 479 g/mol. The number of benzene rings is 1. The molecule has 0 bridgehead atoms. The molecule has 2 heterocycles. The number of nitrogens with one attached hydrogen (secondary N) is 1. The van der Waals surface area contributed by atoms with Crippen LogP contribution in [-0.2, 0) is 11.3 Å². The van der Waals surface area contributed by atoms with Crippen molar-refractivity contribution in [1.82, 2.24) is 15.1 Å². The van der Waals surface area contributed by atoms with Crippen LogP contribution in [0, 0.1) is 0 Å². The van der Waals surface area contributed by atoms with Gasteiger partial charge in [-0.25, -0.2) is 4.99 Å². The number of guanidine groups is 1. The number of hydrogen-bond donors (Lipinski definition) is 1. The van der Waals surface area contributed by atoms with Crippen LogP contribution in [0.3, 0.4) is 0 Å². The molecule has 2 aliphatic heterocycles. The van der Waals surface area contributed by atoms with Gasteiger partial charge in [0.15, 0.2) is 5.96 Å². The highest BCUT2D eigenvalue weighted by atomic mass is 127. The topological polar surface area (TPSA) is 40.1 Å². The van der Waals surface area contributed by atoms with Gasteiger partial charge in [-0.05, 0) is 25.0 Å². The number of morpholine rings is 1. The zero-order valence-electron chi connectivity index (χ0n) is 14.8. The summed E-state index contributed by atoms with van der Waals surface area (Å²) in [6, 6.07) is 8.53. The molecule has 0 saturated carbocycles. The highest BCUT2D eigenvalue weighted by Gasteiger charge is 2.30. The largest absolute Gasteiger partial charge is 0.379 e. The Balaban J connectivity index is 0.00000225. The van der Waals surface area contributed by atoms with E-state index in [2.05, 4.69) is 22.0 Å². The molecule has 0 aromatic heterocycles. The lowest BCUT2D eigenvalue weighted by Crippen LogP contribution is -2.46. The molecule has 0 spiro atoms. The van der Waals surface area contributed by atoms with Crippen LogP contribution in [0.4, 0.5) is 0 Å². The van der Waals surface area contributed by atoms with Crippen LogP contribution in [0.15, 0.2) is 29.3 Å². The third kappa shape index (κ3) is 5.70. The predicted molar refractivity (Wildman–Crippen MR) is 114 cm³/mol. The van der Waals surface area contributed by atoms with Crippen molar-refractivity contribution in [3.05, 3.63) is 34.9 Å². The maximum absolute atomic E-state index is 6.25. The first-order valence-electron chi connectivity index (χ1n) is 8.86. The highest BCUT2D eigenvalue weighted by molar-refractivity contribution is 14.0. The van der Waals surface area contributed by atoms with Gasteiger partial charge in [0.25, 0.3) is 0 Å². The molecule has 0 aliphatic carbocycles. The lowest BCUT2D eigenvalue weighted by molar-refractivity contribution is 0.0195. The minimum Gasteiger partial charge on any atom is -0.379 e. The Morgan fingerprint density at radius 1 is 1.28 bits per heavy atom. The average Bonchev–Trinajstić information content (AvgIpc) is 3.10. The van der Waals surface area contributed by atoms with E-state index in [4.69, 9.17) is 21.3 Å². The van der Waals surface area contributed by atoms with Gasteiger partial charge in [0.05, 0.1) is 19.8 Å². The van der Waals surface area contributed by atoms with Crippen LogP contribution in [-0.4, -0.2) is 67.7 Å². The van der Waals surface area contributed by atoms with E-state index in [9.17, 15) is 0 Å². The summed E-state index contributed by atoms with van der Waals surface area (Å²) in [5, 5.41) is 4.21. The van der Waals surface area contributed by atoms with Gasteiger partial charge in [-0.15, -0.1) is 24.0 Å². The SMILES string of the molecule is CCNC(=NCc1ccccc1Cl)N1CCC(N2CCOCC2)C1.I. The van der Waals surface area contributed by atoms with Gasteiger partial charge in [0.1, 0.15) is 0 Å². The van der Waals surface area contributed by atoms with Crippen LogP contribution in [0.1, 0.15) is 18.9 Å². The molecular weight excluding hydrogens is 451 g/mol. The van der Waals surface area contributed by atoms with Gasteiger partial charge in [0, 0.05) is 43.8 Å². The lowest BCUT2D eigenvalue weighted by atomic mass is 10.2.